The minimum atomic E-state index is -0.806. The van der Waals surface area contributed by atoms with Crippen molar-refractivity contribution in [3.8, 4) is 0 Å². The maximum absolute atomic E-state index is 14.3. The molecule has 0 spiro atoms. The number of amides is 1. The third kappa shape index (κ3) is 4.45. The van der Waals surface area contributed by atoms with E-state index in [1.54, 1.807) is 11.6 Å². The Hall–Kier alpha value is -2.96. The van der Waals surface area contributed by atoms with Gasteiger partial charge in [-0.3, -0.25) is 14.9 Å². The summed E-state index contributed by atoms with van der Waals surface area (Å²) in [5.41, 5.74) is 7.09. The van der Waals surface area contributed by atoms with E-state index in [4.69, 9.17) is 5.21 Å². The zero-order chi connectivity index (χ0) is 21.1. The summed E-state index contributed by atoms with van der Waals surface area (Å²) in [7, 11) is 0. The lowest BCUT2D eigenvalue weighted by Crippen LogP contribution is -2.31. The number of H-pyrrole nitrogens is 1. The van der Waals surface area contributed by atoms with E-state index in [-0.39, 0.29) is 6.04 Å². The van der Waals surface area contributed by atoms with Crippen LogP contribution in [0.2, 0.25) is 0 Å². The van der Waals surface area contributed by atoms with Crippen molar-refractivity contribution in [3.63, 3.8) is 0 Å². The van der Waals surface area contributed by atoms with Gasteiger partial charge in [0.2, 0.25) is 0 Å². The van der Waals surface area contributed by atoms with Crippen molar-refractivity contribution in [1.82, 2.24) is 15.4 Å². The van der Waals surface area contributed by atoms with Gasteiger partial charge in [0.1, 0.15) is 6.17 Å². The van der Waals surface area contributed by atoms with Crippen LogP contribution >= 0.6 is 0 Å². The third-order valence-electron chi connectivity index (χ3n) is 5.85. The zero-order valence-electron chi connectivity index (χ0n) is 16.9. The van der Waals surface area contributed by atoms with Crippen molar-refractivity contribution < 1.29 is 14.4 Å². The van der Waals surface area contributed by atoms with Gasteiger partial charge in [-0.15, -0.1) is 0 Å². The molecule has 5 nitrogen and oxygen atoms in total. The molecule has 30 heavy (non-hydrogen) atoms. The number of nitrogens with one attached hydrogen (secondary N) is 2. The Morgan fingerprint density at radius 3 is 2.80 bits per heavy atom. The number of aromatic amines is 1. The predicted molar refractivity (Wildman–Crippen MR) is 116 cm³/mol. The number of hydroxylamine groups is 1. The van der Waals surface area contributed by atoms with Gasteiger partial charge in [0.25, 0.3) is 5.91 Å². The first-order chi connectivity index (χ1) is 14.5. The topological polar surface area (TPSA) is 68.4 Å². The molecule has 4 rings (SSSR count). The number of alkyl halides is 1. The molecule has 2 heterocycles. The number of aromatic nitrogens is 1. The van der Waals surface area contributed by atoms with Crippen LogP contribution in [0.3, 0.4) is 0 Å². The van der Waals surface area contributed by atoms with E-state index < -0.39 is 12.1 Å². The molecule has 2 aromatic carbocycles. The van der Waals surface area contributed by atoms with Crippen molar-refractivity contribution >= 4 is 22.9 Å². The van der Waals surface area contributed by atoms with E-state index >= 15 is 0 Å². The van der Waals surface area contributed by atoms with Gasteiger partial charge in [0.05, 0.1) is 0 Å². The van der Waals surface area contributed by atoms with Crippen LogP contribution in [0, 0.1) is 6.92 Å². The summed E-state index contributed by atoms with van der Waals surface area (Å²) < 4.78 is 14.3. The second kappa shape index (κ2) is 8.81. The Kier molecular flexibility index (Phi) is 5.97. The Balaban J connectivity index is 1.47. The molecular formula is C24H26FN3O2. The van der Waals surface area contributed by atoms with Crippen molar-refractivity contribution in [2.75, 3.05) is 6.54 Å². The van der Waals surface area contributed by atoms with Crippen LogP contribution in [-0.2, 0) is 17.8 Å². The fraction of sp³-hybridized carbons (Fsp3) is 0.292. The quantitative estimate of drug-likeness (QED) is 0.327. The number of hydrogen-bond donors (Lipinski definition) is 3. The molecule has 0 saturated carbocycles. The van der Waals surface area contributed by atoms with Crippen LogP contribution in [0.5, 0.6) is 0 Å². The number of rotatable bonds is 6. The summed E-state index contributed by atoms with van der Waals surface area (Å²) in [6.07, 6.45) is 3.47. The van der Waals surface area contributed by atoms with Crippen molar-refractivity contribution in [2.45, 2.75) is 38.5 Å². The number of likely N-dealkylation sites (tertiary alicyclic amines) is 1. The first-order valence-electron chi connectivity index (χ1n) is 10.2. The molecule has 0 bridgehead atoms. The molecule has 3 aromatic rings. The average molecular weight is 407 g/mol. The molecule has 0 radical (unpaired) electrons. The first-order valence-corrected chi connectivity index (χ1v) is 10.2. The van der Waals surface area contributed by atoms with Crippen LogP contribution in [0.4, 0.5) is 4.39 Å². The number of carbonyl (C=O) groups is 1. The monoisotopic (exact) mass is 407 g/mol. The molecule has 6 heteroatoms. The van der Waals surface area contributed by atoms with Crippen molar-refractivity contribution in [3.05, 3.63) is 77.0 Å². The second-order valence-electron chi connectivity index (χ2n) is 7.95. The highest BCUT2D eigenvalue weighted by molar-refractivity contribution is 5.90. The van der Waals surface area contributed by atoms with Gasteiger partial charge in [-0.2, -0.15) is 0 Å². The largest absolute Gasteiger partial charge is 0.358 e. The van der Waals surface area contributed by atoms with E-state index in [9.17, 15) is 9.18 Å². The highest BCUT2D eigenvalue weighted by atomic mass is 19.1. The molecule has 1 aromatic heterocycles. The minimum absolute atomic E-state index is 0.158. The molecule has 3 N–H and O–H groups in total. The molecule has 1 fully saturated rings. The normalized spacial score (nSPS) is 19.7. The molecule has 0 aliphatic carbocycles. The van der Waals surface area contributed by atoms with Gasteiger partial charge in [-0.05, 0) is 48.6 Å². The summed E-state index contributed by atoms with van der Waals surface area (Å²) >= 11 is 0. The summed E-state index contributed by atoms with van der Waals surface area (Å²) in [6, 6.07) is 16.3. The van der Waals surface area contributed by atoms with Gasteiger partial charge in [0, 0.05) is 41.8 Å². The van der Waals surface area contributed by atoms with E-state index in [0.29, 0.717) is 19.5 Å². The zero-order valence-corrected chi connectivity index (χ0v) is 16.9. The maximum atomic E-state index is 14.3. The lowest BCUT2D eigenvalue weighted by Gasteiger charge is -2.24. The number of hydrogen-bond acceptors (Lipinski definition) is 3. The minimum Gasteiger partial charge on any atom is -0.358 e. The maximum Gasteiger partial charge on any atom is 0.267 e. The number of fused-ring (bicyclic) bond motifs is 1. The van der Waals surface area contributed by atoms with Crippen molar-refractivity contribution in [2.24, 2.45) is 0 Å². The standard InChI is InChI=1S/C24H26FN3O2/c1-16-22(21-4-2-3-5-23(21)26-16)13-20-12-19(25)15-28(20)14-18-8-6-17(7-9-18)10-11-24(29)27-30/h2-11,19-20,26,30H,12-15H2,1H3,(H,27,29)/b11-10+/t19-,20?/m0/s1. The fourth-order valence-corrected chi connectivity index (χ4v) is 4.34. The highest BCUT2D eigenvalue weighted by Gasteiger charge is 2.32. The van der Waals surface area contributed by atoms with Crippen LogP contribution in [-0.4, -0.2) is 39.8 Å². The van der Waals surface area contributed by atoms with Crippen molar-refractivity contribution in [1.29, 1.82) is 0 Å². The number of carbonyl (C=O) groups excluding carboxylic acids is 1. The van der Waals surface area contributed by atoms with E-state index in [2.05, 4.69) is 28.9 Å². The fourth-order valence-electron chi connectivity index (χ4n) is 4.34. The molecular weight excluding hydrogens is 381 g/mol. The third-order valence-corrected chi connectivity index (χ3v) is 5.85. The van der Waals surface area contributed by atoms with Crippen LogP contribution in [0.15, 0.2) is 54.6 Å². The van der Waals surface area contributed by atoms with Crippen LogP contribution < -0.4 is 5.48 Å². The van der Waals surface area contributed by atoms with Gasteiger partial charge in [0.15, 0.2) is 0 Å². The van der Waals surface area contributed by atoms with E-state index in [0.717, 1.165) is 28.8 Å². The molecule has 2 atom stereocenters. The molecule has 1 aliphatic heterocycles. The SMILES string of the molecule is Cc1[nH]c2ccccc2c1CC1C[C@H](F)CN1Cc1ccc(/C=C/C(=O)NO)cc1. The molecule has 156 valence electrons. The lowest BCUT2D eigenvalue weighted by molar-refractivity contribution is -0.124. The summed E-state index contributed by atoms with van der Waals surface area (Å²) in [4.78, 5) is 16.8. The predicted octanol–water partition coefficient (Wildman–Crippen LogP) is 4.15. The molecule has 1 unspecified atom stereocenters. The van der Waals surface area contributed by atoms with Gasteiger partial charge < -0.3 is 4.98 Å². The van der Waals surface area contributed by atoms with Crippen LogP contribution in [0.25, 0.3) is 17.0 Å². The summed E-state index contributed by atoms with van der Waals surface area (Å²) in [6.45, 7) is 3.23. The summed E-state index contributed by atoms with van der Waals surface area (Å²) in [5, 5.41) is 9.76. The first kappa shape index (κ1) is 20.3. The number of aryl methyl sites for hydroxylation is 1. The molecule has 1 aliphatic rings. The van der Waals surface area contributed by atoms with Gasteiger partial charge in [-0.25, -0.2) is 9.87 Å². The van der Waals surface area contributed by atoms with Gasteiger partial charge in [-0.1, -0.05) is 42.5 Å². The Bertz CT molecular complexity index is 1060. The Labute approximate surface area is 175 Å². The highest BCUT2D eigenvalue weighted by Crippen LogP contribution is 2.30. The summed E-state index contributed by atoms with van der Waals surface area (Å²) in [5.74, 6) is -0.569. The molecule has 1 saturated heterocycles. The number of nitrogens with zero attached hydrogens (tertiary/aromatic N) is 1. The molecule has 1 amide bonds. The van der Waals surface area contributed by atoms with E-state index in [1.165, 1.54) is 17.0 Å². The Morgan fingerprint density at radius 2 is 2.03 bits per heavy atom. The van der Waals surface area contributed by atoms with E-state index in [1.807, 2.05) is 36.4 Å². The van der Waals surface area contributed by atoms with Crippen LogP contribution in [0.1, 0.15) is 28.8 Å². The smallest absolute Gasteiger partial charge is 0.267 e. The number of benzene rings is 2. The number of para-hydroxylation sites is 1. The number of halogens is 1. The lowest BCUT2D eigenvalue weighted by atomic mass is 10.0. The Morgan fingerprint density at radius 1 is 1.27 bits per heavy atom. The van der Waals surface area contributed by atoms with Gasteiger partial charge >= 0.3 is 0 Å². The second-order valence-corrected chi connectivity index (χ2v) is 7.95. The average Bonchev–Trinajstić information content (AvgIpc) is 3.26.